The third kappa shape index (κ3) is 3.42. The quantitative estimate of drug-likeness (QED) is 0.856. The second kappa shape index (κ2) is 5.85. The van der Waals surface area contributed by atoms with Gasteiger partial charge in [-0.25, -0.2) is 4.79 Å². The number of nitrogens with one attached hydrogen (secondary N) is 1. The molecule has 2 N–H and O–H groups in total. The predicted octanol–water partition coefficient (Wildman–Crippen LogP) is 1.27. The van der Waals surface area contributed by atoms with Gasteiger partial charge in [0.15, 0.2) is 0 Å². The summed E-state index contributed by atoms with van der Waals surface area (Å²) in [5, 5.41) is 12.2. The molecule has 1 aliphatic carbocycles. The molecule has 0 saturated heterocycles. The van der Waals surface area contributed by atoms with E-state index in [0.29, 0.717) is 31.0 Å². The van der Waals surface area contributed by atoms with Gasteiger partial charge in [-0.15, -0.1) is 0 Å². The van der Waals surface area contributed by atoms with Crippen LogP contribution in [0.2, 0.25) is 0 Å². The Morgan fingerprint density at radius 1 is 1.33 bits per heavy atom. The van der Waals surface area contributed by atoms with Gasteiger partial charge in [0, 0.05) is 19.6 Å². The molecule has 5 heteroatoms. The summed E-state index contributed by atoms with van der Waals surface area (Å²) in [5.74, 6) is -0.114. The molecule has 1 heterocycles. The van der Waals surface area contributed by atoms with E-state index in [4.69, 9.17) is 0 Å². The van der Waals surface area contributed by atoms with Gasteiger partial charge in [-0.3, -0.25) is 9.69 Å². The second-order valence-electron chi connectivity index (χ2n) is 5.96. The van der Waals surface area contributed by atoms with E-state index < -0.39 is 5.97 Å². The summed E-state index contributed by atoms with van der Waals surface area (Å²) in [7, 11) is 0. The minimum absolute atomic E-state index is 0.0692. The minimum atomic E-state index is -0.873. The first kappa shape index (κ1) is 14.1. The SMILES string of the molecule is O=C(CN1CCc2c(cccc2C(=O)O)C1)NCC1CC1. The van der Waals surface area contributed by atoms with Crippen LogP contribution in [0, 0.1) is 5.92 Å². The molecule has 1 amide bonds. The molecule has 2 aliphatic rings. The van der Waals surface area contributed by atoms with Crippen molar-refractivity contribution in [2.75, 3.05) is 19.6 Å². The maximum atomic E-state index is 11.9. The summed E-state index contributed by atoms with van der Waals surface area (Å²) in [5.41, 5.74) is 2.33. The lowest BCUT2D eigenvalue weighted by molar-refractivity contribution is -0.122. The average molecular weight is 288 g/mol. The number of carboxylic acids is 1. The van der Waals surface area contributed by atoms with Gasteiger partial charge in [-0.1, -0.05) is 12.1 Å². The molecule has 0 bridgehead atoms. The van der Waals surface area contributed by atoms with Crippen molar-refractivity contribution in [1.82, 2.24) is 10.2 Å². The van der Waals surface area contributed by atoms with Crippen molar-refractivity contribution in [2.24, 2.45) is 5.92 Å². The van der Waals surface area contributed by atoms with Crippen molar-refractivity contribution in [2.45, 2.75) is 25.8 Å². The van der Waals surface area contributed by atoms with Crippen LogP contribution in [0.15, 0.2) is 18.2 Å². The zero-order valence-corrected chi connectivity index (χ0v) is 12.0. The number of rotatable bonds is 5. The number of aromatic carboxylic acids is 1. The summed E-state index contributed by atoms with van der Waals surface area (Å²) in [6.45, 7) is 2.57. The third-order valence-corrected chi connectivity index (χ3v) is 4.23. The van der Waals surface area contributed by atoms with Crippen molar-refractivity contribution in [3.05, 3.63) is 34.9 Å². The zero-order valence-electron chi connectivity index (χ0n) is 12.0. The van der Waals surface area contributed by atoms with Crippen LogP contribution >= 0.6 is 0 Å². The molecule has 0 spiro atoms. The molecule has 0 unspecified atom stereocenters. The smallest absolute Gasteiger partial charge is 0.335 e. The van der Waals surface area contributed by atoms with Crippen molar-refractivity contribution in [3.63, 3.8) is 0 Å². The summed E-state index contributed by atoms with van der Waals surface area (Å²) in [6.07, 6.45) is 3.15. The fourth-order valence-electron chi connectivity index (χ4n) is 2.84. The lowest BCUT2D eigenvalue weighted by Gasteiger charge is -2.29. The molecule has 112 valence electrons. The van der Waals surface area contributed by atoms with E-state index in [2.05, 4.69) is 10.2 Å². The van der Waals surface area contributed by atoms with Gasteiger partial charge in [0.2, 0.25) is 5.91 Å². The van der Waals surface area contributed by atoms with Crippen LogP contribution in [0.5, 0.6) is 0 Å². The molecule has 21 heavy (non-hydrogen) atoms. The van der Waals surface area contributed by atoms with Gasteiger partial charge in [0.05, 0.1) is 12.1 Å². The second-order valence-corrected chi connectivity index (χ2v) is 5.96. The first-order chi connectivity index (χ1) is 10.1. The van der Waals surface area contributed by atoms with Crippen LogP contribution in [-0.4, -0.2) is 41.5 Å². The van der Waals surface area contributed by atoms with Crippen LogP contribution in [0.3, 0.4) is 0 Å². The zero-order chi connectivity index (χ0) is 14.8. The van der Waals surface area contributed by atoms with Gasteiger partial charge >= 0.3 is 5.97 Å². The minimum Gasteiger partial charge on any atom is -0.478 e. The fourth-order valence-corrected chi connectivity index (χ4v) is 2.84. The molecule has 1 saturated carbocycles. The Morgan fingerprint density at radius 3 is 2.86 bits per heavy atom. The number of hydrogen-bond acceptors (Lipinski definition) is 3. The van der Waals surface area contributed by atoms with E-state index in [0.717, 1.165) is 24.2 Å². The van der Waals surface area contributed by atoms with Crippen LogP contribution in [0.4, 0.5) is 0 Å². The third-order valence-electron chi connectivity index (χ3n) is 4.23. The molecule has 0 radical (unpaired) electrons. The number of benzene rings is 1. The van der Waals surface area contributed by atoms with E-state index in [1.54, 1.807) is 12.1 Å². The monoisotopic (exact) mass is 288 g/mol. The maximum absolute atomic E-state index is 11.9. The van der Waals surface area contributed by atoms with E-state index in [1.165, 1.54) is 12.8 Å². The molecule has 0 aromatic heterocycles. The number of carbonyl (C=O) groups is 2. The van der Waals surface area contributed by atoms with Gasteiger partial charge < -0.3 is 10.4 Å². The van der Waals surface area contributed by atoms with Gasteiger partial charge in [-0.05, 0) is 42.4 Å². The molecule has 3 rings (SSSR count). The Bertz CT molecular complexity index is 567. The Labute approximate surface area is 123 Å². The van der Waals surface area contributed by atoms with Crippen molar-refractivity contribution >= 4 is 11.9 Å². The highest BCUT2D eigenvalue weighted by molar-refractivity contribution is 5.90. The molecule has 1 aromatic rings. The van der Waals surface area contributed by atoms with Gasteiger partial charge in [0.25, 0.3) is 0 Å². The van der Waals surface area contributed by atoms with E-state index >= 15 is 0 Å². The number of carboxylic acid groups (broad SMARTS) is 1. The molecular formula is C16H20N2O3. The van der Waals surface area contributed by atoms with E-state index in [1.807, 2.05) is 6.07 Å². The highest BCUT2D eigenvalue weighted by atomic mass is 16.4. The standard InChI is InChI=1S/C16H20N2O3/c19-15(17-8-11-4-5-11)10-18-7-6-13-12(9-18)2-1-3-14(13)16(20)21/h1-3,11H,4-10H2,(H,17,19)(H,20,21). The van der Waals surface area contributed by atoms with Crippen LogP contribution in [-0.2, 0) is 17.8 Å². The fraction of sp³-hybridized carbons (Fsp3) is 0.500. The summed E-state index contributed by atoms with van der Waals surface area (Å²) >= 11 is 0. The average Bonchev–Trinajstić information content (AvgIpc) is 3.28. The predicted molar refractivity (Wildman–Crippen MR) is 78.1 cm³/mol. The van der Waals surface area contributed by atoms with Gasteiger partial charge in [-0.2, -0.15) is 0 Å². The molecule has 1 aliphatic heterocycles. The van der Waals surface area contributed by atoms with E-state index in [-0.39, 0.29) is 5.91 Å². The summed E-state index contributed by atoms with van der Waals surface area (Å²) < 4.78 is 0. The molecule has 0 atom stereocenters. The van der Waals surface area contributed by atoms with Crippen molar-refractivity contribution in [3.8, 4) is 0 Å². The largest absolute Gasteiger partial charge is 0.478 e. The van der Waals surface area contributed by atoms with Crippen LogP contribution in [0.1, 0.15) is 34.3 Å². The lowest BCUT2D eigenvalue weighted by Crippen LogP contribution is -2.40. The number of carbonyl (C=O) groups excluding carboxylic acids is 1. The van der Waals surface area contributed by atoms with Crippen LogP contribution < -0.4 is 5.32 Å². The lowest BCUT2D eigenvalue weighted by atomic mass is 9.94. The highest BCUT2D eigenvalue weighted by Gasteiger charge is 2.24. The first-order valence-electron chi connectivity index (χ1n) is 7.46. The molecular weight excluding hydrogens is 268 g/mol. The van der Waals surface area contributed by atoms with E-state index in [9.17, 15) is 14.7 Å². The number of fused-ring (bicyclic) bond motifs is 1. The maximum Gasteiger partial charge on any atom is 0.335 e. The normalized spacial score (nSPS) is 18.1. The summed E-state index contributed by atoms with van der Waals surface area (Å²) in [4.78, 5) is 25.2. The topological polar surface area (TPSA) is 69.6 Å². The number of amides is 1. The highest BCUT2D eigenvalue weighted by Crippen LogP contribution is 2.27. The molecule has 5 nitrogen and oxygen atoms in total. The molecule has 1 aromatic carbocycles. The van der Waals surface area contributed by atoms with Crippen molar-refractivity contribution < 1.29 is 14.7 Å². The van der Waals surface area contributed by atoms with Crippen LogP contribution in [0.25, 0.3) is 0 Å². The number of hydrogen-bond donors (Lipinski definition) is 2. The number of nitrogens with zero attached hydrogens (tertiary/aromatic N) is 1. The Kier molecular flexibility index (Phi) is 3.92. The van der Waals surface area contributed by atoms with Crippen molar-refractivity contribution in [1.29, 1.82) is 0 Å². The summed E-state index contributed by atoms with van der Waals surface area (Å²) in [6, 6.07) is 5.38. The Morgan fingerprint density at radius 2 is 2.14 bits per heavy atom. The van der Waals surface area contributed by atoms with Gasteiger partial charge in [0.1, 0.15) is 0 Å². The molecule has 1 fully saturated rings. The Hall–Kier alpha value is -1.88. The first-order valence-corrected chi connectivity index (χ1v) is 7.46. The Balaban J connectivity index is 1.60.